The van der Waals surface area contributed by atoms with E-state index in [9.17, 15) is 9.90 Å². The predicted octanol–water partition coefficient (Wildman–Crippen LogP) is 13.5. The molecular formula is C47H56IrNO4-. The molecule has 6 heteroatoms. The third-order valence-corrected chi connectivity index (χ3v) is 10.3. The Morgan fingerprint density at radius 2 is 1.58 bits per heavy atom. The van der Waals surface area contributed by atoms with Crippen LogP contribution in [0.25, 0.3) is 55.2 Å². The molecule has 1 N–H and O–H groups in total. The maximum atomic E-state index is 11.7. The van der Waals surface area contributed by atoms with Crippen molar-refractivity contribution in [2.75, 3.05) is 0 Å². The summed E-state index contributed by atoms with van der Waals surface area (Å²) in [6.07, 6.45) is 7.63. The number of carbonyl (C=O) groups excluding carboxylic acids is 1. The zero-order valence-corrected chi connectivity index (χ0v) is 35.5. The monoisotopic (exact) mass is 891 g/mol. The van der Waals surface area contributed by atoms with Gasteiger partial charge in [-0.05, 0) is 62.0 Å². The first-order chi connectivity index (χ1) is 24.8. The summed E-state index contributed by atoms with van der Waals surface area (Å²) in [5, 5.41) is 13.3. The van der Waals surface area contributed by atoms with Crippen LogP contribution in [0.3, 0.4) is 0 Å². The van der Waals surface area contributed by atoms with Gasteiger partial charge in [-0.25, -0.2) is 0 Å². The molecule has 3 heterocycles. The van der Waals surface area contributed by atoms with E-state index in [0.717, 1.165) is 82.3 Å². The van der Waals surface area contributed by atoms with Gasteiger partial charge in [0.05, 0.1) is 12.0 Å². The molecule has 0 atom stereocenters. The number of aromatic nitrogens is 1. The van der Waals surface area contributed by atoms with Gasteiger partial charge >= 0.3 is 0 Å². The number of hydrogen-bond acceptors (Lipinski definition) is 5. The summed E-state index contributed by atoms with van der Waals surface area (Å²) >= 11 is 0. The molecule has 0 bridgehead atoms. The summed E-state index contributed by atoms with van der Waals surface area (Å²) in [6, 6.07) is 24.9. The van der Waals surface area contributed by atoms with Crippen LogP contribution in [-0.4, -0.2) is 15.9 Å². The number of pyridine rings is 1. The number of aliphatic hydroxyl groups is 1. The van der Waals surface area contributed by atoms with Gasteiger partial charge in [0.25, 0.3) is 0 Å². The van der Waals surface area contributed by atoms with Crippen LogP contribution >= 0.6 is 0 Å². The van der Waals surface area contributed by atoms with E-state index in [0.29, 0.717) is 5.92 Å². The predicted molar refractivity (Wildman–Crippen MR) is 217 cm³/mol. The topological polar surface area (TPSA) is 76.5 Å². The average Bonchev–Trinajstić information content (AvgIpc) is 3.71. The normalized spacial score (nSPS) is 12.2. The Hall–Kier alpha value is -3.99. The quantitative estimate of drug-likeness (QED) is 0.0797. The Labute approximate surface area is 329 Å². The van der Waals surface area contributed by atoms with Crippen LogP contribution in [0, 0.1) is 30.7 Å². The van der Waals surface area contributed by atoms with E-state index >= 15 is 0 Å². The molecule has 6 aromatic rings. The SMILES string of the molecule is CCC(CC)C(=O)/C=C(\O)C(CC)CC.Cc1oc2cc(-c3cc(-c4[c-]c5ccccc5c(C(C)(C)C)c4)nc4ccoc34)ccc2c1CC(C)C.[Ir]. The van der Waals surface area contributed by atoms with Gasteiger partial charge in [0.2, 0.25) is 0 Å². The van der Waals surface area contributed by atoms with Crippen LogP contribution in [0.1, 0.15) is 105 Å². The Balaban J connectivity index is 0.000000335. The van der Waals surface area contributed by atoms with Gasteiger partial charge in [0.1, 0.15) is 16.9 Å². The Bertz CT molecular complexity index is 2190. The molecule has 1 radical (unpaired) electrons. The first kappa shape index (κ1) is 41.8. The van der Waals surface area contributed by atoms with E-state index < -0.39 is 0 Å². The zero-order valence-electron chi connectivity index (χ0n) is 33.1. The number of fused-ring (bicyclic) bond motifs is 3. The number of rotatable bonds is 11. The number of ketones is 1. The molecule has 3 aromatic carbocycles. The zero-order chi connectivity index (χ0) is 37.7. The Morgan fingerprint density at radius 3 is 2.23 bits per heavy atom. The first-order valence-corrected chi connectivity index (χ1v) is 19.1. The molecule has 0 saturated carbocycles. The molecule has 0 unspecified atom stereocenters. The summed E-state index contributed by atoms with van der Waals surface area (Å²) in [4.78, 5) is 16.7. The summed E-state index contributed by atoms with van der Waals surface area (Å²) < 4.78 is 12.2. The van der Waals surface area contributed by atoms with Crippen molar-refractivity contribution < 1.29 is 38.8 Å². The summed E-state index contributed by atoms with van der Waals surface area (Å²) in [6.45, 7) is 21.4. The van der Waals surface area contributed by atoms with Gasteiger partial charge in [-0.1, -0.05) is 110 Å². The molecule has 53 heavy (non-hydrogen) atoms. The van der Waals surface area contributed by atoms with E-state index in [2.05, 4.69) is 102 Å². The van der Waals surface area contributed by atoms with Crippen LogP contribution in [0.15, 0.2) is 87.6 Å². The molecule has 283 valence electrons. The minimum absolute atomic E-state index is 0. The number of nitrogens with zero attached hydrogens (tertiary/aromatic N) is 1. The maximum absolute atomic E-state index is 11.7. The molecule has 0 spiro atoms. The number of aryl methyl sites for hydroxylation is 1. The fourth-order valence-electron chi connectivity index (χ4n) is 7.18. The van der Waals surface area contributed by atoms with Crippen molar-refractivity contribution in [1.29, 1.82) is 0 Å². The number of aliphatic hydroxyl groups excluding tert-OH is 1. The van der Waals surface area contributed by atoms with Crippen LogP contribution in [-0.2, 0) is 36.7 Å². The minimum Gasteiger partial charge on any atom is -0.512 e. The third-order valence-electron chi connectivity index (χ3n) is 10.3. The molecule has 0 saturated heterocycles. The first-order valence-electron chi connectivity index (χ1n) is 19.1. The van der Waals surface area contributed by atoms with Crippen LogP contribution in [0.5, 0.6) is 0 Å². The second kappa shape index (κ2) is 17.9. The third kappa shape index (κ3) is 9.39. The number of benzene rings is 3. The summed E-state index contributed by atoms with van der Waals surface area (Å²) in [7, 11) is 0. The van der Waals surface area contributed by atoms with Crippen molar-refractivity contribution in [3.63, 3.8) is 0 Å². The minimum atomic E-state index is -0.0120. The van der Waals surface area contributed by atoms with E-state index in [4.69, 9.17) is 13.8 Å². The van der Waals surface area contributed by atoms with E-state index in [1.165, 1.54) is 28.0 Å². The average molecular weight is 891 g/mol. The van der Waals surface area contributed by atoms with Crippen molar-refractivity contribution in [1.82, 2.24) is 4.98 Å². The Morgan fingerprint density at radius 1 is 0.906 bits per heavy atom. The fourth-order valence-corrected chi connectivity index (χ4v) is 7.18. The van der Waals surface area contributed by atoms with E-state index in [-0.39, 0.29) is 48.9 Å². The van der Waals surface area contributed by atoms with Crippen LogP contribution in [0.4, 0.5) is 0 Å². The molecule has 3 aromatic heterocycles. The van der Waals surface area contributed by atoms with Crippen molar-refractivity contribution in [2.24, 2.45) is 17.8 Å². The molecule has 0 aliphatic rings. The maximum Gasteiger partial charge on any atom is 0.162 e. The van der Waals surface area contributed by atoms with Crippen molar-refractivity contribution in [3.05, 3.63) is 102 Å². The number of allylic oxidation sites excluding steroid dienone is 2. The molecule has 0 aliphatic carbocycles. The van der Waals surface area contributed by atoms with E-state index in [1.54, 1.807) is 6.26 Å². The van der Waals surface area contributed by atoms with Gasteiger partial charge in [0, 0.05) is 66.3 Å². The molecule has 0 amide bonds. The van der Waals surface area contributed by atoms with Crippen molar-refractivity contribution in [3.8, 4) is 22.4 Å². The van der Waals surface area contributed by atoms with Crippen molar-refractivity contribution >= 4 is 38.6 Å². The van der Waals surface area contributed by atoms with Gasteiger partial charge in [-0.3, -0.25) is 9.78 Å². The largest absolute Gasteiger partial charge is 0.512 e. The fraction of sp³-hybridized carbons (Fsp3) is 0.404. The molecular weight excluding hydrogens is 835 g/mol. The molecule has 5 nitrogen and oxygen atoms in total. The molecule has 0 fully saturated rings. The summed E-state index contributed by atoms with van der Waals surface area (Å²) in [5.41, 5.74) is 9.04. The number of carbonyl (C=O) groups is 1. The molecule has 6 rings (SSSR count). The second-order valence-electron chi connectivity index (χ2n) is 15.5. The molecule has 0 aliphatic heterocycles. The van der Waals surface area contributed by atoms with Gasteiger partial charge in [0.15, 0.2) is 11.4 Å². The smallest absolute Gasteiger partial charge is 0.162 e. The van der Waals surface area contributed by atoms with Crippen LogP contribution < -0.4 is 0 Å². The number of hydrogen-bond donors (Lipinski definition) is 1. The summed E-state index contributed by atoms with van der Waals surface area (Å²) in [5.74, 6) is 2.12. The van der Waals surface area contributed by atoms with Crippen molar-refractivity contribution in [2.45, 2.75) is 107 Å². The van der Waals surface area contributed by atoms with Crippen LogP contribution in [0.2, 0.25) is 0 Å². The van der Waals surface area contributed by atoms with Gasteiger partial charge in [-0.15, -0.1) is 29.1 Å². The Kier molecular flexibility index (Phi) is 14.1. The van der Waals surface area contributed by atoms with Gasteiger partial charge < -0.3 is 13.9 Å². The number of furan rings is 2. The standard InChI is InChI=1S/C34H32NO2.C13H24O2.Ir/c1-20(2)15-27-21(3)37-32-18-23(11-12-26(27)32)28-19-31(35-30-13-14-36-33(28)30)24-16-22-9-7-8-10-25(22)29(17-24)34(4,5)6;1-5-10(6-2)12(14)9-13(15)11(7-3)8-4;/h7-14,17-20H,15H2,1-6H3;9-11,14H,5-8H2,1-4H3;/q-1;;/b;12-9-;. The van der Waals surface area contributed by atoms with Gasteiger partial charge in [-0.2, -0.15) is 0 Å². The van der Waals surface area contributed by atoms with E-state index in [1.807, 2.05) is 33.8 Å². The second-order valence-corrected chi connectivity index (χ2v) is 15.5.